The molecule has 0 aromatic heterocycles. The summed E-state index contributed by atoms with van der Waals surface area (Å²) in [5.74, 6) is 0. The summed E-state index contributed by atoms with van der Waals surface area (Å²) in [6.45, 7) is 3.00. The van der Waals surface area contributed by atoms with Crippen molar-refractivity contribution >= 4 is 6.08 Å². The predicted molar refractivity (Wildman–Crippen MR) is 55.4 cm³/mol. The van der Waals surface area contributed by atoms with Crippen molar-refractivity contribution in [2.45, 2.75) is 12.8 Å². The minimum absolute atomic E-state index is 0.390. The number of carbonyl (C=O) groups excluding carboxylic acids is 1. The Morgan fingerprint density at radius 2 is 1.69 bits per heavy atom. The molecule has 6 heteroatoms. The van der Waals surface area contributed by atoms with Crippen molar-refractivity contribution in [3.8, 4) is 6.26 Å². The Morgan fingerprint density at radius 3 is 2.31 bits per heavy atom. The molecule has 0 bridgehead atoms. The van der Waals surface area contributed by atoms with Crippen LogP contribution in [0.5, 0.6) is 0 Å². The van der Waals surface area contributed by atoms with Gasteiger partial charge in [-0.15, -0.1) is 0 Å². The number of ether oxygens (including phenoxy) is 3. The zero-order chi connectivity index (χ0) is 11.9. The van der Waals surface area contributed by atoms with Gasteiger partial charge in [0.05, 0.1) is 19.8 Å². The molecule has 0 N–H and O–H groups in total. The van der Waals surface area contributed by atoms with Crippen molar-refractivity contribution in [3.05, 3.63) is 0 Å². The van der Waals surface area contributed by atoms with Crippen LogP contribution in [0.15, 0.2) is 4.99 Å². The van der Waals surface area contributed by atoms with Crippen LogP contribution < -0.4 is 0 Å². The molecule has 0 fully saturated rings. The van der Waals surface area contributed by atoms with E-state index in [4.69, 9.17) is 14.7 Å². The minimum Gasteiger partial charge on any atom is -0.427 e. The second-order valence-electron chi connectivity index (χ2n) is 2.84. The Morgan fingerprint density at radius 1 is 1.00 bits per heavy atom. The predicted octanol–water partition coefficient (Wildman–Crippen LogP) is 0.633. The van der Waals surface area contributed by atoms with Crippen molar-refractivity contribution in [1.29, 1.82) is 5.26 Å². The summed E-state index contributed by atoms with van der Waals surface area (Å²) in [4.78, 5) is 13.1. The number of aliphatic imine (C=N–C) groups is 1. The number of isocyanates is 1. The highest BCUT2D eigenvalue weighted by molar-refractivity contribution is 5.32. The molecule has 0 amide bonds. The number of nitriles is 1. The fourth-order valence-electron chi connectivity index (χ4n) is 0.892. The maximum Gasteiger partial charge on any atom is 0.286 e. The highest BCUT2D eigenvalue weighted by Gasteiger charge is 1.91. The van der Waals surface area contributed by atoms with E-state index < -0.39 is 0 Å². The molecule has 0 saturated heterocycles. The molecule has 0 radical (unpaired) electrons. The summed E-state index contributed by atoms with van der Waals surface area (Å²) in [7, 11) is 0. The van der Waals surface area contributed by atoms with E-state index in [2.05, 4.69) is 9.73 Å². The maximum absolute atomic E-state index is 9.70. The fraction of sp³-hybridized carbons (Fsp3) is 0.800. The van der Waals surface area contributed by atoms with Crippen molar-refractivity contribution in [1.82, 2.24) is 0 Å². The summed E-state index contributed by atoms with van der Waals surface area (Å²) in [6.07, 6.45) is 4.46. The Bertz CT molecular complexity index is 233. The van der Waals surface area contributed by atoms with Crippen molar-refractivity contribution < 1.29 is 19.0 Å². The fourth-order valence-corrected chi connectivity index (χ4v) is 0.892. The Labute approximate surface area is 94.8 Å². The van der Waals surface area contributed by atoms with Crippen LogP contribution >= 0.6 is 0 Å². The molecule has 16 heavy (non-hydrogen) atoms. The van der Waals surface area contributed by atoms with Gasteiger partial charge >= 0.3 is 0 Å². The lowest BCUT2D eigenvalue weighted by Crippen LogP contribution is -2.07. The van der Waals surface area contributed by atoms with E-state index in [0.717, 1.165) is 0 Å². The van der Waals surface area contributed by atoms with Crippen LogP contribution in [0, 0.1) is 11.5 Å². The van der Waals surface area contributed by atoms with Crippen LogP contribution in [-0.2, 0) is 19.0 Å². The number of rotatable bonds is 11. The van der Waals surface area contributed by atoms with Gasteiger partial charge in [-0.25, -0.2) is 9.79 Å². The van der Waals surface area contributed by atoms with Crippen molar-refractivity contribution in [3.63, 3.8) is 0 Å². The summed E-state index contributed by atoms with van der Waals surface area (Å²) in [6, 6.07) is 0. The monoisotopic (exact) mass is 228 g/mol. The highest BCUT2D eigenvalue weighted by atomic mass is 16.5. The first-order valence-corrected chi connectivity index (χ1v) is 5.12. The summed E-state index contributed by atoms with van der Waals surface area (Å²) in [5.41, 5.74) is 0. The van der Waals surface area contributed by atoms with E-state index in [0.29, 0.717) is 52.4 Å². The van der Waals surface area contributed by atoms with E-state index in [1.165, 1.54) is 6.08 Å². The topological polar surface area (TPSA) is 80.9 Å². The minimum atomic E-state index is 0.390. The number of nitrogens with zero attached hydrogens (tertiary/aromatic N) is 2. The molecule has 90 valence electrons. The van der Waals surface area contributed by atoms with Crippen LogP contribution in [0.4, 0.5) is 0 Å². The largest absolute Gasteiger partial charge is 0.427 e. The van der Waals surface area contributed by atoms with Crippen LogP contribution in [-0.4, -0.2) is 45.7 Å². The van der Waals surface area contributed by atoms with Crippen LogP contribution in [0.2, 0.25) is 0 Å². The SMILES string of the molecule is N#COCCCOCCOCCCN=C=O. The van der Waals surface area contributed by atoms with Gasteiger partial charge in [0.1, 0.15) is 6.61 Å². The molecule has 0 aromatic carbocycles. The zero-order valence-electron chi connectivity index (χ0n) is 9.18. The quantitative estimate of drug-likeness (QED) is 0.224. The van der Waals surface area contributed by atoms with E-state index in [9.17, 15) is 4.79 Å². The van der Waals surface area contributed by atoms with Gasteiger partial charge in [-0.2, -0.15) is 5.26 Å². The molecule has 0 aromatic rings. The molecular formula is C10H16N2O4. The highest BCUT2D eigenvalue weighted by Crippen LogP contribution is 1.87. The molecule has 0 aliphatic rings. The summed E-state index contributed by atoms with van der Waals surface area (Å²) >= 11 is 0. The van der Waals surface area contributed by atoms with Gasteiger partial charge in [-0.3, -0.25) is 0 Å². The third-order valence-electron chi connectivity index (χ3n) is 1.59. The first kappa shape index (κ1) is 14.6. The molecule has 0 aliphatic carbocycles. The first-order valence-electron chi connectivity index (χ1n) is 5.12. The molecule has 0 rings (SSSR count). The lowest BCUT2D eigenvalue weighted by Gasteiger charge is -2.04. The molecule has 0 saturated carbocycles. The van der Waals surface area contributed by atoms with Gasteiger partial charge in [0, 0.05) is 19.6 Å². The molecule has 6 nitrogen and oxygen atoms in total. The third-order valence-corrected chi connectivity index (χ3v) is 1.59. The van der Waals surface area contributed by atoms with Crippen LogP contribution in [0.1, 0.15) is 12.8 Å². The molecular weight excluding hydrogens is 212 g/mol. The zero-order valence-corrected chi connectivity index (χ0v) is 9.18. The van der Waals surface area contributed by atoms with Crippen molar-refractivity contribution in [2.75, 3.05) is 39.6 Å². The van der Waals surface area contributed by atoms with Gasteiger partial charge in [-0.1, -0.05) is 0 Å². The third kappa shape index (κ3) is 12.6. The van der Waals surface area contributed by atoms with Gasteiger partial charge in [0.2, 0.25) is 6.08 Å². The summed E-state index contributed by atoms with van der Waals surface area (Å²) < 4.78 is 14.9. The Hall–Kier alpha value is -1.41. The summed E-state index contributed by atoms with van der Waals surface area (Å²) in [5, 5.41) is 8.06. The molecule has 0 atom stereocenters. The van der Waals surface area contributed by atoms with E-state index in [1.807, 2.05) is 0 Å². The Balaban J connectivity index is 2.93. The second-order valence-corrected chi connectivity index (χ2v) is 2.84. The molecule has 0 spiro atoms. The van der Waals surface area contributed by atoms with E-state index in [-0.39, 0.29) is 0 Å². The Kier molecular flexibility index (Phi) is 12.4. The van der Waals surface area contributed by atoms with E-state index in [1.54, 1.807) is 6.26 Å². The van der Waals surface area contributed by atoms with Gasteiger partial charge in [0.15, 0.2) is 0 Å². The van der Waals surface area contributed by atoms with E-state index >= 15 is 0 Å². The normalized spacial score (nSPS) is 9.19. The van der Waals surface area contributed by atoms with Gasteiger partial charge in [-0.05, 0) is 6.42 Å². The smallest absolute Gasteiger partial charge is 0.286 e. The number of hydrogen-bond acceptors (Lipinski definition) is 6. The van der Waals surface area contributed by atoms with Crippen molar-refractivity contribution in [2.24, 2.45) is 4.99 Å². The maximum atomic E-state index is 9.70. The lowest BCUT2D eigenvalue weighted by atomic mass is 10.5. The molecule has 0 heterocycles. The molecule has 0 unspecified atom stereocenters. The lowest BCUT2D eigenvalue weighted by molar-refractivity contribution is 0.0421. The molecule has 0 aliphatic heterocycles. The number of hydrogen-bond donors (Lipinski definition) is 0. The average molecular weight is 228 g/mol. The standard InChI is InChI=1S/C10H16N2O4/c11-9-16-6-2-5-15-8-7-14-4-1-3-12-10-13/h1-8H2. The second kappa shape index (κ2) is 13.6. The van der Waals surface area contributed by atoms with Gasteiger partial charge in [0.25, 0.3) is 6.26 Å². The van der Waals surface area contributed by atoms with Crippen LogP contribution in [0.3, 0.4) is 0 Å². The first-order chi connectivity index (χ1) is 7.91. The van der Waals surface area contributed by atoms with Crippen LogP contribution in [0.25, 0.3) is 0 Å². The average Bonchev–Trinajstić information content (AvgIpc) is 2.31. The van der Waals surface area contributed by atoms with Gasteiger partial charge < -0.3 is 14.2 Å².